The lowest BCUT2D eigenvalue weighted by Crippen LogP contribution is -1.89. The molecule has 0 aliphatic rings. The number of hydrogen-bond donors (Lipinski definition) is 1. The first-order valence-corrected chi connectivity index (χ1v) is 4.91. The molecule has 62 valence electrons. The molecule has 4 heteroatoms. The van der Waals surface area contributed by atoms with Crippen LogP contribution in [0.3, 0.4) is 0 Å². The van der Waals surface area contributed by atoms with Crippen molar-refractivity contribution in [2.75, 3.05) is 12.9 Å². The second-order valence-electron chi connectivity index (χ2n) is 2.14. The van der Waals surface area contributed by atoms with Crippen LogP contribution >= 0.6 is 24.0 Å². The Morgan fingerprint density at radius 2 is 2.55 bits per heavy atom. The van der Waals surface area contributed by atoms with Gasteiger partial charge in [0.15, 0.2) is 0 Å². The Balaban J connectivity index is 2.51. The molecule has 0 aromatic carbocycles. The van der Waals surface area contributed by atoms with Crippen LogP contribution in [0.1, 0.15) is 10.7 Å². The van der Waals surface area contributed by atoms with E-state index in [0.717, 1.165) is 22.9 Å². The van der Waals surface area contributed by atoms with Crippen molar-refractivity contribution in [3.63, 3.8) is 0 Å². The minimum atomic E-state index is 0.622. The third-order valence-electron chi connectivity index (χ3n) is 1.24. The van der Waals surface area contributed by atoms with Crippen LogP contribution in [-0.2, 0) is 17.8 Å². The molecule has 0 radical (unpaired) electrons. The highest BCUT2D eigenvalue weighted by Gasteiger charge is 1.99. The van der Waals surface area contributed by atoms with Gasteiger partial charge < -0.3 is 4.74 Å². The van der Waals surface area contributed by atoms with Crippen LogP contribution in [0.4, 0.5) is 0 Å². The van der Waals surface area contributed by atoms with Gasteiger partial charge in [-0.3, -0.25) is 0 Å². The van der Waals surface area contributed by atoms with E-state index in [1.165, 1.54) is 0 Å². The minimum absolute atomic E-state index is 0.622. The second-order valence-corrected chi connectivity index (χ2v) is 3.53. The standard InChI is InChI=1S/C7H11NOS2/c1-9-4-7-8-6(2-3-10)5-11-7/h5,10H,2-4H2,1H3. The summed E-state index contributed by atoms with van der Waals surface area (Å²) in [6.07, 6.45) is 0.948. The molecule has 2 nitrogen and oxygen atoms in total. The van der Waals surface area contributed by atoms with Crippen molar-refractivity contribution < 1.29 is 4.74 Å². The molecule has 0 amide bonds. The number of methoxy groups -OCH3 is 1. The molecule has 1 aromatic heterocycles. The summed E-state index contributed by atoms with van der Waals surface area (Å²) in [5, 5.41) is 3.11. The highest BCUT2D eigenvalue weighted by atomic mass is 32.1. The molecule has 11 heavy (non-hydrogen) atoms. The number of rotatable bonds is 4. The van der Waals surface area contributed by atoms with Gasteiger partial charge in [0.25, 0.3) is 0 Å². The number of aromatic nitrogens is 1. The summed E-state index contributed by atoms with van der Waals surface area (Å²) in [6, 6.07) is 0. The molecular weight excluding hydrogens is 178 g/mol. The zero-order chi connectivity index (χ0) is 8.10. The molecule has 1 heterocycles. The normalized spacial score (nSPS) is 10.4. The monoisotopic (exact) mass is 189 g/mol. The Labute approximate surface area is 76.0 Å². The first kappa shape index (κ1) is 9.03. The summed E-state index contributed by atoms with van der Waals surface area (Å²) in [6.45, 7) is 0.622. The third kappa shape index (κ3) is 2.81. The Bertz CT molecular complexity index is 191. The molecule has 0 fully saturated rings. The van der Waals surface area contributed by atoms with E-state index in [2.05, 4.69) is 23.0 Å². The van der Waals surface area contributed by atoms with Gasteiger partial charge in [0.1, 0.15) is 5.01 Å². The van der Waals surface area contributed by atoms with Crippen molar-refractivity contribution in [1.29, 1.82) is 0 Å². The first-order chi connectivity index (χ1) is 5.36. The van der Waals surface area contributed by atoms with Crippen LogP contribution < -0.4 is 0 Å². The summed E-state index contributed by atoms with van der Waals surface area (Å²) in [5.74, 6) is 0.857. The van der Waals surface area contributed by atoms with E-state index in [0.29, 0.717) is 6.61 Å². The number of nitrogens with zero attached hydrogens (tertiary/aromatic N) is 1. The average Bonchev–Trinajstić information content (AvgIpc) is 2.38. The second kappa shape index (κ2) is 4.74. The van der Waals surface area contributed by atoms with E-state index in [1.54, 1.807) is 18.4 Å². The summed E-state index contributed by atoms with van der Waals surface area (Å²) < 4.78 is 4.95. The Morgan fingerprint density at radius 3 is 3.18 bits per heavy atom. The van der Waals surface area contributed by atoms with E-state index in [1.807, 2.05) is 0 Å². The smallest absolute Gasteiger partial charge is 0.119 e. The number of thiol groups is 1. The first-order valence-electron chi connectivity index (χ1n) is 3.40. The summed E-state index contributed by atoms with van der Waals surface area (Å²) >= 11 is 5.77. The van der Waals surface area contributed by atoms with Crippen LogP contribution in [0.2, 0.25) is 0 Å². The summed E-state index contributed by atoms with van der Waals surface area (Å²) in [4.78, 5) is 4.33. The fourth-order valence-electron chi connectivity index (χ4n) is 0.768. The van der Waals surface area contributed by atoms with Gasteiger partial charge in [-0.25, -0.2) is 4.98 Å². The average molecular weight is 189 g/mol. The summed E-state index contributed by atoms with van der Waals surface area (Å²) in [5.41, 5.74) is 1.12. The lowest BCUT2D eigenvalue weighted by atomic mass is 10.4. The van der Waals surface area contributed by atoms with Crippen LogP contribution in [0.25, 0.3) is 0 Å². The SMILES string of the molecule is COCc1nc(CCS)cs1. The number of hydrogen-bond acceptors (Lipinski definition) is 4. The van der Waals surface area contributed by atoms with Crippen molar-refractivity contribution in [1.82, 2.24) is 4.98 Å². The largest absolute Gasteiger partial charge is 0.378 e. The topological polar surface area (TPSA) is 22.1 Å². The Morgan fingerprint density at radius 1 is 1.73 bits per heavy atom. The molecule has 0 spiro atoms. The predicted octanol–water partition coefficient (Wildman–Crippen LogP) is 1.76. The van der Waals surface area contributed by atoms with E-state index in [9.17, 15) is 0 Å². The molecule has 0 atom stereocenters. The highest BCUT2D eigenvalue weighted by Crippen LogP contribution is 2.11. The van der Waals surface area contributed by atoms with E-state index in [4.69, 9.17) is 4.74 Å². The van der Waals surface area contributed by atoms with Crippen LogP contribution in [0, 0.1) is 0 Å². The maximum absolute atomic E-state index is 4.95. The number of ether oxygens (including phenoxy) is 1. The van der Waals surface area contributed by atoms with Gasteiger partial charge in [-0.15, -0.1) is 11.3 Å². The Hall–Kier alpha value is -0.0600. The molecule has 0 saturated carbocycles. The maximum Gasteiger partial charge on any atom is 0.119 e. The fourth-order valence-corrected chi connectivity index (χ4v) is 1.80. The van der Waals surface area contributed by atoms with Crippen LogP contribution in [0.15, 0.2) is 5.38 Å². The van der Waals surface area contributed by atoms with Crippen LogP contribution in [-0.4, -0.2) is 17.8 Å². The van der Waals surface area contributed by atoms with Gasteiger partial charge >= 0.3 is 0 Å². The molecule has 0 saturated heterocycles. The lowest BCUT2D eigenvalue weighted by molar-refractivity contribution is 0.184. The molecule has 0 bridgehead atoms. The molecule has 0 aliphatic heterocycles. The quantitative estimate of drug-likeness (QED) is 0.729. The van der Waals surface area contributed by atoms with Crippen molar-refractivity contribution in [3.05, 3.63) is 16.1 Å². The maximum atomic E-state index is 4.95. The zero-order valence-electron chi connectivity index (χ0n) is 6.41. The van der Waals surface area contributed by atoms with Gasteiger partial charge in [0, 0.05) is 12.5 Å². The third-order valence-corrected chi connectivity index (χ3v) is 2.33. The van der Waals surface area contributed by atoms with Crippen molar-refractivity contribution in [3.8, 4) is 0 Å². The van der Waals surface area contributed by atoms with Gasteiger partial charge in [0.05, 0.1) is 12.3 Å². The van der Waals surface area contributed by atoms with Crippen molar-refractivity contribution >= 4 is 24.0 Å². The van der Waals surface area contributed by atoms with E-state index >= 15 is 0 Å². The lowest BCUT2D eigenvalue weighted by Gasteiger charge is -1.90. The molecule has 1 aromatic rings. The van der Waals surface area contributed by atoms with Gasteiger partial charge in [0.2, 0.25) is 0 Å². The Kier molecular flexibility index (Phi) is 3.90. The highest BCUT2D eigenvalue weighted by molar-refractivity contribution is 7.80. The van der Waals surface area contributed by atoms with Gasteiger partial charge in [-0.05, 0) is 12.2 Å². The predicted molar refractivity (Wildman–Crippen MR) is 50.4 cm³/mol. The fraction of sp³-hybridized carbons (Fsp3) is 0.571. The zero-order valence-corrected chi connectivity index (χ0v) is 8.12. The molecular formula is C7H11NOS2. The molecule has 1 rings (SSSR count). The van der Waals surface area contributed by atoms with Gasteiger partial charge in [-0.1, -0.05) is 0 Å². The summed E-state index contributed by atoms with van der Waals surface area (Å²) in [7, 11) is 1.68. The van der Waals surface area contributed by atoms with Crippen molar-refractivity contribution in [2.45, 2.75) is 13.0 Å². The van der Waals surface area contributed by atoms with Gasteiger partial charge in [-0.2, -0.15) is 12.6 Å². The molecule has 0 unspecified atom stereocenters. The van der Waals surface area contributed by atoms with E-state index in [-0.39, 0.29) is 0 Å². The number of aryl methyl sites for hydroxylation is 1. The van der Waals surface area contributed by atoms with E-state index < -0.39 is 0 Å². The molecule has 0 aliphatic carbocycles. The minimum Gasteiger partial charge on any atom is -0.378 e. The number of thiazole rings is 1. The van der Waals surface area contributed by atoms with Crippen molar-refractivity contribution in [2.24, 2.45) is 0 Å². The van der Waals surface area contributed by atoms with Crippen LogP contribution in [0.5, 0.6) is 0 Å². The molecule has 0 N–H and O–H groups in total.